The van der Waals surface area contributed by atoms with Gasteiger partial charge in [0.25, 0.3) is 0 Å². The first-order valence-corrected chi connectivity index (χ1v) is 20.9. The average molecular weight is 760 g/mol. The van der Waals surface area contributed by atoms with Gasteiger partial charge in [-0.3, -0.25) is 9.05 Å². The number of phosphoric ester groups is 1. The number of nitrogen functional groups attached to an aromatic ring is 1. The van der Waals surface area contributed by atoms with Crippen LogP contribution in [0, 0.1) is 11.3 Å². The second kappa shape index (κ2) is 19.1. The lowest BCUT2D eigenvalue weighted by Gasteiger charge is -2.32. The maximum Gasteiger partial charge on any atom is 0.472 e. The van der Waals surface area contributed by atoms with E-state index in [1.165, 1.54) is 107 Å². The van der Waals surface area contributed by atoms with Crippen molar-refractivity contribution in [2.75, 3.05) is 25.6 Å². The molecule has 5 rings (SSSR count). The smallest absolute Gasteiger partial charge is 0.386 e. The van der Waals surface area contributed by atoms with Crippen LogP contribution in [0.4, 0.5) is 5.82 Å². The molecular weight excluding hydrogens is 701 g/mol. The number of imidazole rings is 1. The Bertz CT molecular complexity index is 1680. The fourth-order valence-electron chi connectivity index (χ4n) is 7.38. The van der Waals surface area contributed by atoms with E-state index in [0.717, 1.165) is 19.3 Å². The Morgan fingerprint density at radius 3 is 2.19 bits per heavy atom. The molecule has 5 N–H and O–H groups in total. The lowest BCUT2D eigenvalue weighted by atomic mass is 9.91. The number of ether oxygens (including phenoxy) is 2. The van der Waals surface area contributed by atoms with E-state index in [2.05, 4.69) is 22.0 Å². The molecular formula is C37H58N7O8P. The SMILES string of the molecule is CCCCCCCCCCCCCCCCCCOC[C@H](COP(=O)(O)OC1[C@H]2O[C@@](C)(c3ccc4c(N)ncnn34)[C@H](O)[C@@]12O)n1cnc(C#N)c1. The fraction of sp³-hybridized carbons (Fsp3) is 0.730. The highest BCUT2D eigenvalue weighted by Crippen LogP contribution is 2.63. The summed E-state index contributed by atoms with van der Waals surface area (Å²) in [6, 6.07) is 4.72. The zero-order valence-corrected chi connectivity index (χ0v) is 32.1. The summed E-state index contributed by atoms with van der Waals surface area (Å²) in [6.07, 6.45) is 20.8. The summed E-state index contributed by atoms with van der Waals surface area (Å²) >= 11 is 0. The largest absolute Gasteiger partial charge is 0.472 e. The van der Waals surface area contributed by atoms with Crippen LogP contribution in [0.5, 0.6) is 0 Å². The van der Waals surface area contributed by atoms with Crippen LogP contribution in [-0.4, -0.2) is 83.0 Å². The van der Waals surface area contributed by atoms with E-state index < -0.39 is 43.4 Å². The summed E-state index contributed by atoms with van der Waals surface area (Å²) < 4.78 is 38.8. The number of nitriles is 1. The second-order valence-corrected chi connectivity index (χ2v) is 16.1. The normalized spacial score (nSPS) is 25.3. The summed E-state index contributed by atoms with van der Waals surface area (Å²) in [5, 5.41) is 36.0. The third kappa shape index (κ3) is 10.2. The van der Waals surface area contributed by atoms with Gasteiger partial charge >= 0.3 is 7.82 Å². The number of rotatable bonds is 26. The lowest BCUT2D eigenvalue weighted by Crippen LogP contribution is -2.46. The minimum absolute atomic E-state index is 0.148. The Morgan fingerprint density at radius 1 is 1.00 bits per heavy atom. The molecule has 2 unspecified atom stereocenters. The molecule has 0 bridgehead atoms. The Hall–Kier alpha value is -2.93. The van der Waals surface area contributed by atoms with Gasteiger partial charge in [-0.15, -0.1) is 0 Å². The molecule has 16 heteroatoms. The molecule has 3 aromatic heterocycles. The van der Waals surface area contributed by atoms with Crippen molar-refractivity contribution in [1.29, 1.82) is 5.26 Å². The zero-order valence-electron chi connectivity index (χ0n) is 31.2. The Kier molecular flexibility index (Phi) is 14.9. The fourth-order valence-corrected chi connectivity index (χ4v) is 8.36. The summed E-state index contributed by atoms with van der Waals surface area (Å²) in [6.45, 7) is 4.20. The minimum Gasteiger partial charge on any atom is -0.386 e. The molecule has 2 fully saturated rings. The van der Waals surface area contributed by atoms with E-state index in [1.54, 1.807) is 23.6 Å². The Balaban J connectivity index is 0.997. The number of aliphatic hydroxyl groups is 2. The summed E-state index contributed by atoms with van der Waals surface area (Å²) in [5.74, 6) is 0.231. The number of unbranched alkanes of at least 4 members (excludes halogenated alkanes) is 15. The van der Waals surface area contributed by atoms with Gasteiger partial charge in [0.15, 0.2) is 17.1 Å². The van der Waals surface area contributed by atoms with Crippen molar-refractivity contribution < 1.29 is 38.2 Å². The molecule has 294 valence electrons. The highest BCUT2D eigenvalue weighted by Gasteiger charge is 2.82. The lowest BCUT2D eigenvalue weighted by molar-refractivity contribution is -0.126. The van der Waals surface area contributed by atoms with E-state index in [-0.39, 0.29) is 24.7 Å². The van der Waals surface area contributed by atoms with Crippen molar-refractivity contribution in [2.24, 2.45) is 0 Å². The molecule has 4 heterocycles. The molecule has 0 amide bonds. The van der Waals surface area contributed by atoms with Crippen LogP contribution in [0.2, 0.25) is 0 Å². The standard InChI is InChI=1S/C37H58N7O8P/c1-3-4-5-6-7-8-9-10-11-12-13-14-15-16-17-18-21-49-24-29(43-23-28(22-38)41-27-43)25-50-53(47,48)52-33-32-37(33,46)35(45)36(2,51-32)31-20-19-30-34(39)40-26-42-44(30)31/h19-20,23,26-27,29,32-33,35,45-46H,3-18,21,24-25H2,1-2H3,(H,47,48)(H2,39,40,42)/t29-,32-,33?,35+,36+,37+/m1/s1. The minimum atomic E-state index is -4.76. The molecule has 0 aromatic carbocycles. The van der Waals surface area contributed by atoms with Crippen LogP contribution in [0.3, 0.4) is 0 Å². The molecule has 1 aliphatic carbocycles. The van der Waals surface area contributed by atoms with E-state index >= 15 is 0 Å². The summed E-state index contributed by atoms with van der Waals surface area (Å²) in [5.41, 5.74) is 3.63. The highest BCUT2D eigenvalue weighted by atomic mass is 31.2. The first kappa shape index (κ1) is 41.2. The van der Waals surface area contributed by atoms with Crippen molar-refractivity contribution in [2.45, 2.75) is 152 Å². The first-order chi connectivity index (χ1) is 25.5. The number of aromatic nitrogens is 5. The van der Waals surface area contributed by atoms with Gasteiger partial charge < -0.3 is 34.9 Å². The number of aliphatic hydroxyl groups excluding tert-OH is 1. The van der Waals surface area contributed by atoms with Gasteiger partial charge in [-0.25, -0.2) is 19.0 Å². The number of hydrogen-bond acceptors (Lipinski definition) is 12. The molecule has 15 nitrogen and oxygen atoms in total. The van der Waals surface area contributed by atoms with Crippen molar-refractivity contribution in [3.05, 3.63) is 42.4 Å². The maximum atomic E-state index is 13.1. The predicted octanol–water partition coefficient (Wildman–Crippen LogP) is 6.12. The van der Waals surface area contributed by atoms with Crippen LogP contribution in [0.1, 0.15) is 134 Å². The molecule has 1 saturated carbocycles. The van der Waals surface area contributed by atoms with Gasteiger partial charge in [-0.2, -0.15) is 10.4 Å². The summed E-state index contributed by atoms with van der Waals surface area (Å²) in [7, 11) is -4.76. The summed E-state index contributed by atoms with van der Waals surface area (Å²) in [4.78, 5) is 18.6. The third-order valence-corrected chi connectivity index (χ3v) is 11.6. The number of nitrogens with two attached hydrogens (primary N) is 1. The topological polar surface area (TPSA) is 212 Å². The van der Waals surface area contributed by atoms with Gasteiger partial charge in [0, 0.05) is 12.8 Å². The Labute approximate surface area is 312 Å². The van der Waals surface area contributed by atoms with Crippen LogP contribution in [0.25, 0.3) is 5.52 Å². The van der Waals surface area contributed by atoms with E-state index in [1.807, 2.05) is 6.07 Å². The molecule has 0 radical (unpaired) electrons. The third-order valence-electron chi connectivity index (χ3n) is 10.7. The van der Waals surface area contributed by atoms with Crippen LogP contribution >= 0.6 is 7.82 Å². The molecule has 2 aliphatic rings. The van der Waals surface area contributed by atoms with Crippen LogP contribution in [-0.2, 0) is 28.7 Å². The molecule has 1 saturated heterocycles. The van der Waals surface area contributed by atoms with Crippen molar-refractivity contribution in [1.82, 2.24) is 24.1 Å². The molecule has 1 aliphatic heterocycles. The van der Waals surface area contributed by atoms with E-state index in [9.17, 15) is 24.9 Å². The van der Waals surface area contributed by atoms with Crippen molar-refractivity contribution >= 4 is 19.2 Å². The van der Waals surface area contributed by atoms with E-state index in [0.29, 0.717) is 17.8 Å². The number of anilines is 1. The van der Waals surface area contributed by atoms with Crippen molar-refractivity contribution in [3.8, 4) is 6.07 Å². The highest BCUT2D eigenvalue weighted by molar-refractivity contribution is 7.47. The van der Waals surface area contributed by atoms with Gasteiger partial charge in [0.1, 0.15) is 41.8 Å². The maximum absolute atomic E-state index is 13.1. The van der Waals surface area contributed by atoms with Crippen LogP contribution < -0.4 is 5.73 Å². The Morgan fingerprint density at radius 2 is 1.62 bits per heavy atom. The molecule has 53 heavy (non-hydrogen) atoms. The second-order valence-electron chi connectivity index (χ2n) is 14.7. The number of phosphoric acid groups is 1. The zero-order chi connectivity index (χ0) is 37.9. The van der Waals surface area contributed by atoms with Gasteiger partial charge in [-0.05, 0) is 25.5 Å². The molecule has 0 spiro atoms. The number of fused-ring (bicyclic) bond motifs is 2. The van der Waals surface area contributed by atoms with Gasteiger partial charge in [-0.1, -0.05) is 103 Å². The molecule has 7 atom stereocenters. The van der Waals surface area contributed by atoms with Gasteiger partial charge in [0.2, 0.25) is 0 Å². The number of hydrogen-bond donors (Lipinski definition) is 4. The predicted molar refractivity (Wildman–Crippen MR) is 198 cm³/mol. The number of nitrogens with zero attached hydrogens (tertiary/aromatic N) is 6. The quantitative estimate of drug-likeness (QED) is 0.0537. The first-order valence-electron chi connectivity index (χ1n) is 19.4. The van der Waals surface area contributed by atoms with E-state index in [4.69, 9.17) is 24.3 Å². The average Bonchev–Trinajstić information content (AvgIpc) is 3.60. The monoisotopic (exact) mass is 759 g/mol. The van der Waals surface area contributed by atoms with Crippen LogP contribution in [0.15, 0.2) is 31.0 Å². The van der Waals surface area contributed by atoms with Gasteiger partial charge in [0.05, 0.1) is 31.3 Å². The van der Waals surface area contributed by atoms with Crippen molar-refractivity contribution in [3.63, 3.8) is 0 Å². The molecule has 3 aromatic rings.